The summed E-state index contributed by atoms with van der Waals surface area (Å²) >= 11 is 0. The number of nitrogens with zero attached hydrogens (tertiary/aromatic N) is 4. The third-order valence-corrected chi connectivity index (χ3v) is 7.40. The van der Waals surface area contributed by atoms with Crippen LogP contribution in [0.4, 0.5) is 11.8 Å². The molecular formula is C24H28N7O7P. The van der Waals surface area contributed by atoms with Gasteiger partial charge in [-0.15, -0.1) is 6.42 Å². The van der Waals surface area contributed by atoms with Crippen LogP contribution in [-0.4, -0.2) is 63.7 Å². The number of hydrogen-bond donors (Lipinski definition) is 3. The molecule has 39 heavy (non-hydrogen) atoms. The third kappa shape index (κ3) is 6.65. The first-order chi connectivity index (χ1) is 18.8. The zero-order chi connectivity index (χ0) is 27.4. The highest BCUT2D eigenvalue weighted by Gasteiger charge is 2.36. The van der Waals surface area contributed by atoms with E-state index in [1.54, 1.807) is 41.2 Å². The fourth-order valence-electron chi connectivity index (χ4n) is 3.74. The van der Waals surface area contributed by atoms with Crippen molar-refractivity contribution in [3.05, 3.63) is 36.7 Å². The zero-order valence-electron chi connectivity index (χ0n) is 21.1. The van der Waals surface area contributed by atoms with Gasteiger partial charge in [0, 0.05) is 6.04 Å². The van der Waals surface area contributed by atoms with Crippen molar-refractivity contribution < 1.29 is 32.6 Å². The Morgan fingerprint density at radius 3 is 2.87 bits per heavy atom. The van der Waals surface area contributed by atoms with Crippen LogP contribution in [0.25, 0.3) is 11.2 Å². The van der Waals surface area contributed by atoms with Crippen LogP contribution in [0.1, 0.15) is 26.0 Å². The second-order valence-electron chi connectivity index (χ2n) is 8.89. The lowest BCUT2D eigenvalue weighted by molar-refractivity contribution is -0.143. The number of aromatic nitrogens is 4. The van der Waals surface area contributed by atoms with Gasteiger partial charge in [-0.1, -0.05) is 24.1 Å². The highest BCUT2D eigenvalue weighted by atomic mass is 31.2. The van der Waals surface area contributed by atoms with Gasteiger partial charge >= 0.3 is 13.7 Å². The molecule has 1 aliphatic carbocycles. The molecule has 1 unspecified atom stereocenters. The fraction of sp³-hybridized carbons (Fsp3) is 0.417. The van der Waals surface area contributed by atoms with E-state index in [1.165, 1.54) is 6.92 Å². The van der Waals surface area contributed by atoms with E-state index in [0.717, 1.165) is 12.8 Å². The molecule has 0 radical (unpaired) electrons. The smallest absolute Gasteiger partial charge is 0.451 e. The third-order valence-electron chi connectivity index (χ3n) is 5.75. The molecule has 0 spiro atoms. The number of fused-ring (bicyclic) bond motifs is 1. The Morgan fingerprint density at radius 2 is 2.13 bits per heavy atom. The first-order valence-corrected chi connectivity index (χ1v) is 13.8. The molecular weight excluding hydrogens is 529 g/mol. The summed E-state index contributed by atoms with van der Waals surface area (Å²) in [6, 6.07) is 7.68. The Balaban J connectivity index is 1.26. The number of terminal acetylenes is 1. The number of esters is 1. The molecule has 4 N–H and O–H groups in total. The summed E-state index contributed by atoms with van der Waals surface area (Å²) in [6.07, 6.45) is 7.32. The van der Waals surface area contributed by atoms with Crippen LogP contribution in [0.5, 0.6) is 5.75 Å². The van der Waals surface area contributed by atoms with Crippen molar-refractivity contribution in [1.29, 1.82) is 0 Å². The summed E-state index contributed by atoms with van der Waals surface area (Å²) in [5.74, 6) is 2.42. The van der Waals surface area contributed by atoms with Crippen molar-refractivity contribution in [2.45, 2.75) is 44.4 Å². The normalized spacial score (nSPS) is 21.1. The number of nitrogens with one attached hydrogen (secondary N) is 2. The van der Waals surface area contributed by atoms with E-state index in [0.29, 0.717) is 23.0 Å². The number of rotatable bonds is 12. The lowest BCUT2D eigenvalue weighted by atomic mass is 10.3. The molecule has 0 amide bonds. The van der Waals surface area contributed by atoms with Crippen molar-refractivity contribution in [3.8, 4) is 18.1 Å². The molecule has 2 aliphatic rings. The van der Waals surface area contributed by atoms with Gasteiger partial charge in [-0.3, -0.25) is 13.9 Å². The number of hydrogen-bond acceptors (Lipinski definition) is 12. The van der Waals surface area contributed by atoms with Crippen molar-refractivity contribution in [3.63, 3.8) is 0 Å². The van der Waals surface area contributed by atoms with Gasteiger partial charge in [-0.2, -0.15) is 15.1 Å². The zero-order valence-corrected chi connectivity index (χ0v) is 22.0. The van der Waals surface area contributed by atoms with Gasteiger partial charge in [0.05, 0.1) is 12.9 Å². The van der Waals surface area contributed by atoms with Crippen LogP contribution in [0, 0.1) is 12.3 Å². The Morgan fingerprint density at radius 1 is 1.33 bits per heavy atom. The quantitative estimate of drug-likeness (QED) is 0.168. The van der Waals surface area contributed by atoms with Crippen LogP contribution < -0.4 is 20.7 Å². The van der Waals surface area contributed by atoms with Crippen molar-refractivity contribution in [2.75, 3.05) is 30.9 Å². The summed E-state index contributed by atoms with van der Waals surface area (Å²) in [6.45, 7) is 1.09. The highest BCUT2D eigenvalue weighted by Crippen LogP contribution is 2.45. The lowest BCUT2D eigenvalue weighted by Crippen LogP contribution is -2.35. The number of imidazole rings is 1. The second-order valence-corrected chi connectivity index (χ2v) is 10.6. The summed E-state index contributed by atoms with van der Waals surface area (Å²) in [5, 5.41) is 5.88. The topological polar surface area (TPSA) is 174 Å². The predicted molar refractivity (Wildman–Crippen MR) is 139 cm³/mol. The molecule has 5 rings (SSSR count). The van der Waals surface area contributed by atoms with E-state index in [2.05, 4.69) is 31.3 Å². The highest BCUT2D eigenvalue weighted by molar-refractivity contribution is 7.52. The number of carbonyl (C=O) groups excluding carboxylic acids is 1. The van der Waals surface area contributed by atoms with Crippen molar-refractivity contribution >= 4 is 36.6 Å². The molecule has 4 atom stereocenters. The summed E-state index contributed by atoms with van der Waals surface area (Å²) < 4.78 is 43.1. The molecule has 1 saturated carbocycles. The second kappa shape index (κ2) is 11.6. The maximum Gasteiger partial charge on any atom is 0.459 e. The van der Waals surface area contributed by atoms with Crippen molar-refractivity contribution in [1.82, 2.24) is 24.6 Å². The summed E-state index contributed by atoms with van der Waals surface area (Å²) in [4.78, 5) is 25.2. The monoisotopic (exact) mass is 557 g/mol. The number of carbonyl (C=O) groups is 1. The number of nitrogens with two attached hydrogens (primary N) is 1. The number of para-hydroxylation sites is 1. The van der Waals surface area contributed by atoms with Crippen LogP contribution in [0.2, 0.25) is 0 Å². The van der Waals surface area contributed by atoms with Crippen LogP contribution in [0.15, 0.2) is 36.7 Å². The Labute approximate surface area is 224 Å². The molecule has 2 aromatic heterocycles. The summed E-state index contributed by atoms with van der Waals surface area (Å²) in [7, 11) is -4.10. The molecule has 1 aromatic carbocycles. The van der Waals surface area contributed by atoms with Gasteiger partial charge in [-0.05, 0) is 31.9 Å². The van der Waals surface area contributed by atoms with E-state index >= 15 is 0 Å². The minimum absolute atomic E-state index is 0.103. The largest absolute Gasteiger partial charge is 0.459 e. The molecule has 3 heterocycles. The van der Waals surface area contributed by atoms with Crippen LogP contribution in [-0.2, 0) is 28.1 Å². The average molecular weight is 558 g/mol. The van der Waals surface area contributed by atoms with Crippen LogP contribution >= 0.6 is 7.75 Å². The molecule has 1 saturated heterocycles. The number of nitrogen functional groups attached to an aromatic ring is 1. The van der Waals surface area contributed by atoms with Gasteiger partial charge in [0.2, 0.25) is 5.95 Å². The fourth-order valence-corrected chi connectivity index (χ4v) is 5.22. The standard InChI is InChI=1S/C24H28N7O7P/c1-3-11-34-23(32)15(2)30-39(33,38-17-7-5-4-6-8-17)36-13-19-35-12-18(37-19)31-14-26-20-21(27-16-9-10-16)28-24(25)29-22(20)31/h1,4-8,14-16,18-19H,9-13H2,2H3,(H,30,33)(H3,25,27,28,29)/t15-,18+,19+,39?/m0/s1. The molecule has 0 bridgehead atoms. The molecule has 1 aliphatic heterocycles. The van der Waals surface area contributed by atoms with Gasteiger partial charge in [-0.25, -0.2) is 9.55 Å². The van der Waals surface area contributed by atoms with E-state index < -0.39 is 32.3 Å². The number of anilines is 2. The lowest BCUT2D eigenvalue weighted by Gasteiger charge is -2.23. The maximum atomic E-state index is 13.6. The minimum Gasteiger partial charge on any atom is -0.451 e. The molecule has 2 fully saturated rings. The SMILES string of the molecule is C#CCOC(=O)[C@H](C)NP(=O)(OC[C@@H]1OC[C@H](n2cnc3c(NC4CC4)nc(N)nc32)O1)Oc1ccccc1. The number of ether oxygens (including phenoxy) is 3. The van der Waals surface area contributed by atoms with Gasteiger partial charge in [0.1, 0.15) is 18.4 Å². The van der Waals surface area contributed by atoms with E-state index in [1.807, 2.05) is 0 Å². The van der Waals surface area contributed by atoms with E-state index in [-0.39, 0.29) is 31.5 Å². The molecule has 15 heteroatoms. The summed E-state index contributed by atoms with van der Waals surface area (Å²) in [5.41, 5.74) is 6.98. The van der Waals surface area contributed by atoms with E-state index in [4.69, 9.17) is 35.4 Å². The van der Waals surface area contributed by atoms with E-state index in [9.17, 15) is 9.36 Å². The van der Waals surface area contributed by atoms with Gasteiger partial charge in [0.25, 0.3) is 0 Å². The van der Waals surface area contributed by atoms with Gasteiger partial charge < -0.3 is 29.8 Å². The molecule has 3 aromatic rings. The Hall–Kier alpha value is -3.73. The Bertz CT molecular complexity index is 1410. The first-order valence-electron chi connectivity index (χ1n) is 12.2. The van der Waals surface area contributed by atoms with Crippen LogP contribution in [0.3, 0.4) is 0 Å². The first kappa shape index (κ1) is 26.9. The average Bonchev–Trinajstić information content (AvgIpc) is 3.43. The maximum absolute atomic E-state index is 13.6. The Kier molecular flexibility index (Phi) is 7.97. The minimum atomic E-state index is -4.10. The molecule has 14 nitrogen and oxygen atoms in total. The van der Waals surface area contributed by atoms with Gasteiger partial charge in [0.15, 0.2) is 36.1 Å². The molecule has 206 valence electrons. The van der Waals surface area contributed by atoms with Crippen molar-refractivity contribution in [2.24, 2.45) is 0 Å². The predicted octanol–water partition coefficient (Wildman–Crippen LogP) is 2.21. The number of benzene rings is 1.